The highest BCUT2D eigenvalue weighted by molar-refractivity contribution is 5.16. The van der Waals surface area contributed by atoms with Gasteiger partial charge in [0.1, 0.15) is 0 Å². The highest BCUT2D eigenvalue weighted by Crippen LogP contribution is 2.34. The van der Waals surface area contributed by atoms with Crippen molar-refractivity contribution in [2.24, 2.45) is 5.92 Å². The van der Waals surface area contributed by atoms with Gasteiger partial charge >= 0.3 is 0 Å². The Morgan fingerprint density at radius 3 is 2.90 bits per heavy atom. The maximum absolute atomic E-state index is 12.0. The quantitative estimate of drug-likeness (QED) is 0.771. The molecule has 0 N–H and O–H groups in total. The van der Waals surface area contributed by atoms with Crippen LogP contribution in [0.2, 0.25) is 0 Å². The molecule has 2 aliphatic heterocycles. The number of unbranched alkanes of at least 4 members (excludes halogenated alkanes) is 3. The number of aromatic nitrogens is 1. The highest BCUT2D eigenvalue weighted by atomic mass is 16.1. The molecule has 3 heterocycles. The largest absolute Gasteiger partial charge is 0.312 e. The summed E-state index contributed by atoms with van der Waals surface area (Å²) in [5.41, 5.74) is 1.46. The molecule has 0 aromatic carbocycles. The summed E-state index contributed by atoms with van der Waals surface area (Å²) in [6.07, 6.45) is 6.63. The van der Waals surface area contributed by atoms with E-state index in [1.165, 1.54) is 50.9 Å². The first-order chi connectivity index (χ1) is 9.78. The number of hydrogen-bond donors (Lipinski definition) is 0. The van der Waals surface area contributed by atoms with Gasteiger partial charge < -0.3 is 9.47 Å². The normalized spacial score (nSPS) is 25.4. The van der Waals surface area contributed by atoms with E-state index in [1.54, 1.807) is 6.07 Å². The van der Waals surface area contributed by atoms with Gasteiger partial charge in [0.2, 0.25) is 0 Å². The van der Waals surface area contributed by atoms with Gasteiger partial charge in [-0.3, -0.25) is 4.79 Å². The van der Waals surface area contributed by atoms with Gasteiger partial charge in [-0.15, -0.1) is 0 Å². The molecule has 1 aromatic rings. The van der Waals surface area contributed by atoms with Crippen LogP contribution in [0.1, 0.15) is 50.6 Å². The molecule has 3 nitrogen and oxygen atoms in total. The third-order valence-corrected chi connectivity index (χ3v) is 4.88. The molecule has 2 bridgehead atoms. The fourth-order valence-corrected chi connectivity index (χ4v) is 3.94. The number of piperidine rings is 1. The first-order valence-electron chi connectivity index (χ1n) is 8.20. The fourth-order valence-electron chi connectivity index (χ4n) is 3.94. The van der Waals surface area contributed by atoms with Crippen LogP contribution in [0.3, 0.4) is 0 Å². The summed E-state index contributed by atoms with van der Waals surface area (Å²) in [4.78, 5) is 14.6. The standard InChI is InChI=1S/C17H26N2O/c1-2-3-4-5-9-18-11-14-10-15(13-18)16-7-6-8-17(20)19(16)12-14/h6-8,14-15H,2-5,9-13H2,1H3/t14-,15+/m0/s1. The second-order valence-electron chi connectivity index (χ2n) is 6.52. The zero-order valence-corrected chi connectivity index (χ0v) is 12.6. The van der Waals surface area contributed by atoms with E-state index >= 15 is 0 Å². The Balaban J connectivity index is 1.66. The summed E-state index contributed by atoms with van der Waals surface area (Å²) in [5.74, 6) is 1.25. The number of rotatable bonds is 5. The Morgan fingerprint density at radius 1 is 1.15 bits per heavy atom. The van der Waals surface area contributed by atoms with Crippen molar-refractivity contribution in [3.8, 4) is 0 Å². The van der Waals surface area contributed by atoms with Gasteiger partial charge in [0.05, 0.1) is 0 Å². The molecule has 2 atom stereocenters. The smallest absolute Gasteiger partial charge is 0.250 e. The summed E-state index contributed by atoms with van der Waals surface area (Å²) in [6.45, 7) is 6.76. The molecule has 0 saturated carbocycles. The average molecular weight is 274 g/mol. The minimum Gasteiger partial charge on any atom is -0.312 e. The molecule has 0 radical (unpaired) electrons. The second-order valence-corrected chi connectivity index (χ2v) is 6.52. The van der Waals surface area contributed by atoms with Crippen molar-refractivity contribution in [3.63, 3.8) is 0 Å². The molecule has 1 aromatic heterocycles. The van der Waals surface area contributed by atoms with Gasteiger partial charge in [-0.25, -0.2) is 0 Å². The first kappa shape index (κ1) is 13.9. The Morgan fingerprint density at radius 2 is 2.05 bits per heavy atom. The SMILES string of the molecule is CCCCCCN1C[C@@H]2C[C@H](C1)c1cccc(=O)n1C2. The molecule has 0 spiro atoms. The Kier molecular flexibility index (Phi) is 4.25. The maximum Gasteiger partial charge on any atom is 0.250 e. The van der Waals surface area contributed by atoms with Gasteiger partial charge in [-0.2, -0.15) is 0 Å². The lowest BCUT2D eigenvalue weighted by atomic mass is 9.83. The van der Waals surface area contributed by atoms with E-state index < -0.39 is 0 Å². The van der Waals surface area contributed by atoms with E-state index in [2.05, 4.69) is 17.9 Å². The number of nitrogens with zero attached hydrogens (tertiary/aromatic N) is 2. The van der Waals surface area contributed by atoms with Gasteiger partial charge in [-0.05, 0) is 31.4 Å². The zero-order valence-electron chi connectivity index (χ0n) is 12.6. The minimum atomic E-state index is 0.189. The van der Waals surface area contributed by atoms with E-state index in [0.717, 1.165) is 13.1 Å². The third kappa shape index (κ3) is 2.83. The average Bonchev–Trinajstić information content (AvgIpc) is 2.45. The number of fused-ring (bicyclic) bond motifs is 4. The van der Waals surface area contributed by atoms with Crippen LogP contribution in [0, 0.1) is 5.92 Å². The summed E-state index contributed by atoms with van der Waals surface area (Å²) in [5, 5.41) is 0. The molecule has 0 aliphatic carbocycles. The number of pyridine rings is 1. The zero-order chi connectivity index (χ0) is 13.9. The number of likely N-dealkylation sites (tertiary alicyclic amines) is 1. The van der Waals surface area contributed by atoms with Crippen molar-refractivity contribution >= 4 is 0 Å². The molecule has 1 saturated heterocycles. The molecule has 3 heteroatoms. The lowest BCUT2D eigenvalue weighted by molar-refractivity contribution is 0.118. The molecule has 0 unspecified atom stereocenters. The van der Waals surface area contributed by atoms with E-state index in [1.807, 2.05) is 10.6 Å². The molecule has 110 valence electrons. The topological polar surface area (TPSA) is 25.2 Å². The Labute approximate surface area is 121 Å². The van der Waals surface area contributed by atoms with Gasteiger partial charge in [0.15, 0.2) is 0 Å². The summed E-state index contributed by atoms with van der Waals surface area (Å²) < 4.78 is 2.02. The van der Waals surface area contributed by atoms with Crippen molar-refractivity contribution in [2.45, 2.75) is 51.5 Å². The second kappa shape index (κ2) is 6.13. The van der Waals surface area contributed by atoms with E-state index in [-0.39, 0.29) is 5.56 Å². The molecular weight excluding hydrogens is 248 g/mol. The van der Waals surface area contributed by atoms with Gasteiger partial charge in [0, 0.05) is 37.3 Å². The lowest BCUT2D eigenvalue weighted by Gasteiger charge is -2.42. The summed E-state index contributed by atoms with van der Waals surface area (Å²) in [7, 11) is 0. The van der Waals surface area contributed by atoms with Crippen molar-refractivity contribution < 1.29 is 0 Å². The Bertz CT molecular complexity index is 508. The van der Waals surface area contributed by atoms with Crippen LogP contribution in [0.5, 0.6) is 0 Å². The summed E-state index contributed by atoms with van der Waals surface area (Å²) >= 11 is 0. The van der Waals surface area contributed by atoms with E-state index in [0.29, 0.717) is 11.8 Å². The van der Waals surface area contributed by atoms with Crippen LogP contribution in [0.25, 0.3) is 0 Å². The highest BCUT2D eigenvalue weighted by Gasteiger charge is 2.33. The van der Waals surface area contributed by atoms with Crippen LogP contribution < -0.4 is 5.56 Å². The minimum absolute atomic E-state index is 0.189. The first-order valence-corrected chi connectivity index (χ1v) is 8.20. The van der Waals surface area contributed by atoms with E-state index in [9.17, 15) is 4.79 Å². The number of hydrogen-bond acceptors (Lipinski definition) is 2. The third-order valence-electron chi connectivity index (χ3n) is 4.88. The molecule has 20 heavy (non-hydrogen) atoms. The predicted molar refractivity (Wildman–Crippen MR) is 82.1 cm³/mol. The van der Waals surface area contributed by atoms with Gasteiger partial charge in [0.25, 0.3) is 5.56 Å². The fraction of sp³-hybridized carbons (Fsp3) is 0.706. The van der Waals surface area contributed by atoms with Crippen molar-refractivity contribution in [3.05, 3.63) is 34.2 Å². The van der Waals surface area contributed by atoms with Crippen LogP contribution in [-0.2, 0) is 6.54 Å². The summed E-state index contributed by atoms with van der Waals surface area (Å²) in [6, 6.07) is 5.78. The van der Waals surface area contributed by atoms with Crippen LogP contribution >= 0.6 is 0 Å². The molecule has 1 fully saturated rings. The van der Waals surface area contributed by atoms with Crippen molar-refractivity contribution in [1.82, 2.24) is 9.47 Å². The van der Waals surface area contributed by atoms with Crippen LogP contribution in [0.15, 0.2) is 23.0 Å². The molecule has 0 amide bonds. The Hall–Kier alpha value is -1.09. The lowest BCUT2D eigenvalue weighted by Crippen LogP contribution is -2.47. The molecule has 3 rings (SSSR count). The molecule has 2 aliphatic rings. The van der Waals surface area contributed by atoms with Crippen molar-refractivity contribution in [2.75, 3.05) is 19.6 Å². The van der Waals surface area contributed by atoms with Crippen LogP contribution in [0.4, 0.5) is 0 Å². The van der Waals surface area contributed by atoms with Crippen molar-refractivity contribution in [1.29, 1.82) is 0 Å². The monoisotopic (exact) mass is 274 g/mol. The molecular formula is C17H26N2O. The van der Waals surface area contributed by atoms with Gasteiger partial charge in [-0.1, -0.05) is 32.3 Å². The predicted octanol–water partition coefficient (Wildman–Crippen LogP) is 2.85. The van der Waals surface area contributed by atoms with E-state index in [4.69, 9.17) is 0 Å². The van der Waals surface area contributed by atoms with Crippen LogP contribution in [-0.4, -0.2) is 29.1 Å². The maximum atomic E-state index is 12.0.